The number of aromatic carboxylic acids is 1. The van der Waals surface area contributed by atoms with E-state index in [1.807, 2.05) is 0 Å². The molecule has 0 bridgehead atoms. The van der Waals surface area contributed by atoms with E-state index < -0.39 is 16.0 Å². The van der Waals surface area contributed by atoms with Gasteiger partial charge in [0.2, 0.25) is 10.0 Å². The Morgan fingerprint density at radius 3 is 2.74 bits per heavy atom. The Balaban J connectivity index is 2.13. The van der Waals surface area contributed by atoms with Crippen molar-refractivity contribution in [2.75, 3.05) is 12.8 Å². The number of nitrogens with zero attached hydrogens (tertiary/aromatic N) is 3. The molecule has 0 aromatic carbocycles. The van der Waals surface area contributed by atoms with E-state index in [0.717, 1.165) is 6.26 Å². The summed E-state index contributed by atoms with van der Waals surface area (Å²) in [6, 6.07) is 3.47. The van der Waals surface area contributed by atoms with Crippen molar-refractivity contribution in [2.45, 2.75) is 13.0 Å². The van der Waals surface area contributed by atoms with Gasteiger partial charge in [0, 0.05) is 37.2 Å². The topological polar surface area (TPSA) is 100 Å². The van der Waals surface area contributed by atoms with Gasteiger partial charge in [-0.25, -0.2) is 13.2 Å². The van der Waals surface area contributed by atoms with Crippen LogP contribution < -0.4 is 0 Å². The van der Waals surface area contributed by atoms with E-state index in [1.165, 1.54) is 4.31 Å². The Morgan fingerprint density at radius 2 is 2.13 bits per heavy atom. The molecule has 2 aromatic rings. The number of hydrogen-bond acceptors (Lipinski definition) is 5. The largest absolute Gasteiger partial charge is 0.478 e. The Hall–Kier alpha value is -2.32. The number of hydrogen-bond donors (Lipinski definition) is 1. The molecule has 3 rings (SSSR count). The van der Waals surface area contributed by atoms with Gasteiger partial charge in [-0.1, -0.05) is 0 Å². The van der Waals surface area contributed by atoms with Crippen molar-refractivity contribution >= 4 is 16.0 Å². The van der Waals surface area contributed by atoms with Crippen LogP contribution in [0.15, 0.2) is 30.7 Å². The van der Waals surface area contributed by atoms with Crippen molar-refractivity contribution in [3.05, 3.63) is 47.4 Å². The van der Waals surface area contributed by atoms with Crippen LogP contribution in [0.5, 0.6) is 0 Å². The van der Waals surface area contributed by atoms with Crippen molar-refractivity contribution in [3.8, 4) is 11.3 Å². The minimum Gasteiger partial charge on any atom is -0.478 e. The van der Waals surface area contributed by atoms with Crippen LogP contribution in [0, 0.1) is 0 Å². The molecule has 23 heavy (non-hydrogen) atoms. The highest BCUT2D eigenvalue weighted by atomic mass is 32.2. The van der Waals surface area contributed by atoms with E-state index in [-0.39, 0.29) is 18.7 Å². The summed E-state index contributed by atoms with van der Waals surface area (Å²) in [5, 5.41) is 9.62. The van der Waals surface area contributed by atoms with Crippen LogP contribution in [-0.4, -0.2) is 46.6 Å². The highest BCUT2D eigenvalue weighted by Gasteiger charge is 2.29. The van der Waals surface area contributed by atoms with Gasteiger partial charge in [0.25, 0.3) is 0 Å². The maximum Gasteiger partial charge on any atom is 0.338 e. The number of aromatic nitrogens is 2. The Labute approximate surface area is 133 Å². The van der Waals surface area contributed by atoms with Crippen LogP contribution in [0.3, 0.4) is 0 Å². The van der Waals surface area contributed by atoms with Crippen LogP contribution in [0.25, 0.3) is 11.3 Å². The second-order valence-electron chi connectivity index (χ2n) is 5.38. The lowest BCUT2D eigenvalue weighted by Gasteiger charge is -2.28. The predicted molar refractivity (Wildman–Crippen MR) is 83.4 cm³/mol. The van der Waals surface area contributed by atoms with Gasteiger partial charge in [-0.15, -0.1) is 0 Å². The molecular weight excluding hydrogens is 318 g/mol. The Bertz CT molecular complexity index is 866. The molecule has 0 unspecified atom stereocenters. The first kappa shape index (κ1) is 15.6. The monoisotopic (exact) mass is 333 g/mol. The van der Waals surface area contributed by atoms with E-state index in [4.69, 9.17) is 0 Å². The molecule has 1 aliphatic rings. The number of carboxylic acid groups (broad SMARTS) is 1. The van der Waals surface area contributed by atoms with Crippen LogP contribution >= 0.6 is 0 Å². The molecule has 3 heterocycles. The summed E-state index contributed by atoms with van der Waals surface area (Å²) in [7, 11) is -3.32. The minimum atomic E-state index is -3.32. The molecule has 8 heteroatoms. The predicted octanol–water partition coefficient (Wildman–Crippen LogP) is 1.16. The number of fused-ring (bicyclic) bond motifs is 1. The number of rotatable bonds is 3. The van der Waals surface area contributed by atoms with Gasteiger partial charge in [0.05, 0.1) is 17.5 Å². The molecule has 0 aliphatic carbocycles. The summed E-state index contributed by atoms with van der Waals surface area (Å²) in [4.78, 5) is 20.0. The Morgan fingerprint density at radius 1 is 1.35 bits per heavy atom. The van der Waals surface area contributed by atoms with Gasteiger partial charge in [0.1, 0.15) is 0 Å². The fourth-order valence-electron chi connectivity index (χ4n) is 2.75. The SMILES string of the molecule is CS(=O)(=O)N1CCc2c(cnc(-c3cccnc3)c2C(=O)O)C1. The summed E-state index contributed by atoms with van der Waals surface area (Å²) < 4.78 is 24.7. The van der Waals surface area contributed by atoms with Gasteiger partial charge in [-0.3, -0.25) is 9.97 Å². The third-order valence-corrected chi connectivity index (χ3v) is 5.10. The molecular formula is C15H15N3O4S. The van der Waals surface area contributed by atoms with Crippen molar-refractivity contribution in [2.24, 2.45) is 0 Å². The maximum atomic E-state index is 11.8. The molecule has 7 nitrogen and oxygen atoms in total. The van der Waals surface area contributed by atoms with Crippen LogP contribution in [-0.2, 0) is 23.0 Å². The highest BCUT2D eigenvalue weighted by Crippen LogP contribution is 2.30. The first-order valence-corrected chi connectivity index (χ1v) is 8.82. The van der Waals surface area contributed by atoms with Gasteiger partial charge >= 0.3 is 5.97 Å². The molecule has 1 aliphatic heterocycles. The number of sulfonamides is 1. The molecule has 0 amide bonds. The van der Waals surface area contributed by atoms with E-state index in [1.54, 1.807) is 30.7 Å². The molecule has 0 fully saturated rings. The molecule has 0 spiro atoms. The van der Waals surface area contributed by atoms with Gasteiger partial charge < -0.3 is 5.11 Å². The molecule has 1 N–H and O–H groups in total. The van der Waals surface area contributed by atoms with E-state index in [2.05, 4.69) is 9.97 Å². The van der Waals surface area contributed by atoms with Crippen molar-refractivity contribution < 1.29 is 18.3 Å². The molecule has 0 atom stereocenters. The zero-order valence-corrected chi connectivity index (χ0v) is 13.2. The lowest BCUT2D eigenvalue weighted by molar-refractivity contribution is 0.0695. The van der Waals surface area contributed by atoms with E-state index >= 15 is 0 Å². The standard InChI is InChI=1S/C15H15N3O4S/c1-23(21,22)18-6-4-12-11(9-18)8-17-14(13(12)15(19)20)10-3-2-5-16-7-10/h2-3,5,7-8H,4,6,9H2,1H3,(H,19,20). The van der Waals surface area contributed by atoms with Crippen molar-refractivity contribution in [3.63, 3.8) is 0 Å². The van der Waals surface area contributed by atoms with Gasteiger partial charge in [-0.05, 0) is 29.7 Å². The summed E-state index contributed by atoms with van der Waals surface area (Å²) in [6.45, 7) is 0.414. The van der Waals surface area contributed by atoms with Crippen molar-refractivity contribution in [1.82, 2.24) is 14.3 Å². The Kier molecular flexibility index (Phi) is 3.87. The van der Waals surface area contributed by atoms with Crippen LogP contribution in [0.1, 0.15) is 21.5 Å². The van der Waals surface area contributed by atoms with Gasteiger partial charge in [-0.2, -0.15) is 4.31 Å². The number of carbonyl (C=O) groups is 1. The first-order chi connectivity index (χ1) is 10.9. The molecule has 0 radical (unpaired) electrons. The zero-order chi connectivity index (χ0) is 16.6. The number of pyridine rings is 2. The third-order valence-electron chi connectivity index (χ3n) is 3.85. The minimum absolute atomic E-state index is 0.128. The van der Waals surface area contributed by atoms with Crippen LogP contribution in [0.2, 0.25) is 0 Å². The highest BCUT2D eigenvalue weighted by molar-refractivity contribution is 7.88. The lowest BCUT2D eigenvalue weighted by Crippen LogP contribution is -2.36. The maximum absolute atomic E-state index is 11.8. The molecule has 120 valence electrons. The second-order valence-corrected chi connectivity index (χ2v) is 7.36. The van der Waals surface area contributed by atoms with E-state index in [0.29, 0.717) is 28.8 Å². The number of carboxylic acids is 1. The summed E-state index contributed by atoms with van der Waals surface area (Å²) in [6.07, 6.45) is 6.22. The molecule has 0 saturated carbocycles. The zero-order valence-electron chi connectivity index (χ0n) is 12.4. The fraction of sp³-hybridized carbons (Fsp3) is 0.267. The van der Waals surface area contributed by atoms with Crippen molar-refractivity contribution in [1.29, 1.82) is 0 Å². The first-order valence-electron chi connectivity index (χ1n) is 6.97. The van der Waals surface area contributed by atoms with Crippen LogP contribution in [0.4, 0.5) is 0 Å². The average Bonchev–Trinajstić information content (AvgIpc) is 2.53. The van der Waals surface area contributed by atoms with Gasteiger partial charge in [0.15, 0.2) is 0 Å². The summed E-state index contributed by atoms with van der Waals surface area (Å²) >= 11 is 0. The summed E-state index contributed by atoms with van der Waals surface area (Å²) in [5.41, 5.74) is 2.39. The smallest absolute Gasteiger partial charge is 0.338 e. The van der Waals surface area contributed by atoms with E-state index in [9.17, 15) is 18.3 Å². The lowest BCUT2D eigenvalue weighted by atomic mass is 9.94. The molecule has 2 aromatic heterocycles. The average molecular weight is 333 g/mol. The fourth-order valence-corrected chi connectivity index (χ4v) is 3.55. The quantitative estimate of drug-likeness (QED) is 0.904. The third kappa shape index (κ3) is 2.95. The normalized spacial score (nSPS) is 15.2. The second kappa shape index (κ2) is 5.71. The molecule has 0 saturated heterocycles. The summed E-state index contributed by atoms with van der Waals surface area (Å²) in [5.74, 6) is -1.07.